The van der Waals surface area contributed by atoms with E-state index < -0.39 is 97.5 Å². The Bertz CT molecular complexity index is 2460. The quantitative estimate of drug-likeness (QED) is 0.0169. The highest BCUT2D eigenvalue weighted by Crippen LogP contribution is 2.45. The molecule has 584 valence electrons. The van der Waals surface area contributed by atoms with Crippen molar-refractivity contribution in [1.29, 1.82) is 0 Å². The van der Waals surface area contributed by atoms with Crippen LogP contribution < -0.4 is 0 Å². The molecule has 0 aromatic rings. The molecule has 0 rings (SSSR count). The van der Waals surface area contributed by atoms with Gasteiger partial charge >= 0.3 is 39.5 Å². The van der Waals surface area contributed by atoms with Crippen molar-refractivity contribution in [2.24, 2.45) is 0 Å². The van der Waals surface area contributed by atoms with E-state index >= 15 is 0 Å². The minimum Gasteiger partial charge on any atom is -0.462 e. The second kappa shape index (κ2) is 74.5. The van der Waals surface area contributed by atoms with E-state index in [1.54, 1.807) is 0 Å². The molecule has 5 unspecified atom stereocenters. The van der Waals surface area contributed by atoms with Crippen molar-refractivity contribution in [1.82, 2.24) is 0 Å². The van der Waals surface area contributed by atoms with E-state index in [1.807, 2.05) is 18.2 Å². The van der Waals surface area contributed by atoms with Crippen LogP contribution in [0.4, 0.5) is 0 Å². The monoisotopic (exact) mass is 1470 g/mol. The van der Waals surface area contributed by atoms with Crippen molar-refractivity contribution in [3.05, 3.63) is 134 Å². The smallest absolute Gasteiger partial charge is 0.462 e. The van der Waals surface area contributed by atoms with Crippen molar-refractivity contribution in [2.75, 3.05) is 39.6 Å². The molecule has 0 aromatic heterocycles. The van der Waals surface area contributed by atoms with Crippen LogP contribution in [0, 0.1) is 0 Å². The molecule has 0 aromatic carbocycles. The zero-order chi connectivity index (χ0) is 74.6. The van der Waals surface area contributed by atoms with E-state index in [1.165, 1.54) is 51.4 Å². The number of ether oxygens (including phenoxy) is 4. The van der Waals surface area contributed by atoms with Gasteiger partial charge in [0.1, 0.15) is 19.3 Å². The zero-order valence-electron chi connectivity index (χ0n) is 63.7. The van der Waals surface area contributed by atoms with Gasteiger partial charge in [-0.05, 0) is 122 Å². The van der Waals surface area contributed by atoms with Crippen molar-refractivity contribution in [2.45, 2.75) is 329 Å². The molecule has 17 nitrogen and oxygen atoms in total. The second-order valence-electron chi connectivity index (χ2n) is 25.9. The molecule has 3 N–H and O–H groups in total. The van der Waals surface area contributed by atoms with Crippen molar-refractivity contribution in [3.63, 3.8) is 0 Å². The van der Waals surface area contributed by atoms with Crippen LogP contribution in [0.5, 0.6) is 0 Å². The highest BCUT2D eigenvalue weighted by atomic mass is 31.2. The summed E-state index contributed by atoms with van der Waals surface area (Å²) < 4.78 is 68.5. The normalized spacial score (nSPS) is 14.6. The second-order valence-corrected chi connectivity index (χ2v) is 28.8. The summed E-state index contributed by atoms with van der Waals surface area (Å²) in [5.41, 5.74) is 0. The summed E-state index contributed by atoms with van der Waals surface area (Å²) in [4.78, 5) is 72.9. The Morgan fingerprint density at radius 2 is 0.549 bits per heavy atom. The van der Waals surface area contributed by atoms with Crippen LogP contribution in [-0.4, -0.2) is 96.7 Å². The van der Waals surface area contributed by atoms with Crippen LogP contribution in [0.2, 0.25) is 0 Å². The number of hydrogen-bond donors (Lipinski definition) is 3. The summed E-state index contributed by atoms with van der Waals surface area (Å²) in [6.45, 7) is 4.49. The fourth-order valence-electron chi connectivity index (χ4n) is 10.2. The van der Waals surface area contributed by atoms with Gasteiger partial charge in [0.25, 0.3) is 0 Å². The minimum atomic E-state index is -5.00. The number of aliphatic hydroxyl groups is 1. The number of rotatable bonds is 73. The highest BCUT2D eigenvalue weighted by Gasteiger charge is 2.30. The third-order valence-corrected chi connectivity index (χ3v) is 18.0. The molecule has 102 heavy (non-hydrogen) atoms. The first-order valence-electron chi connectivity index (χ1n) is 39.4. The Morgan fingerprint density at radius 1 is 0.284 bits per heavy atom. The third-order valence-electron chi connectivity index (χ3n) is 16.1. The van der Waals surface area contributed by atoms with Crippen LogP contribution in [0.3, 0.4) is 0 Å². The topological polar surface area (TPSA) is 237 Å². The lowest BCUT2D eigenvalue weighted by molar-refractivity contribution is -0.161. The predicted molar refractivity (Wildman–Crippen MR) is 418 cm³/mol. The zero-order valence-corrected chi connectivity index (χ0v) is 65.5. The molecule has 0 bridgehead atoms. The summed E-state index contributed by atoms with van der Waals surface area (Å²) in [5.74, 6) is -2.29. The Hall–Kier alpha value is -4.80. The molecule has 0 heterocycles. The van der Waals surface area contributed by atoms with Gasteiger partial charge < -0.3 is 33.8 Å². The molecular weight excluding hydrogens is 1330 g/mol. The number of carbonyl (C=O) groups excluding carboxylic acids is 4. The molecule has 0 fully saturated rings. The van der Waals surface area contributed by atoms with Crippen molar-refractivity contribution < 1.29 is 80.2 Å². The number of hydrogen-bond acceptors (Lipinski definition) is 15. The number of phosphoric acid groups is 2. The van der Waals surface area contributed by atoms with Gasteiger partial charge in [-0.15, -0.1) is 0 Å². The Morgan fingerprint density at radius 3 is 0.882 bits per heavy atom. The molecule has 0 saturated heterocycles. The van der Waals surface area contributed by atoms with Gasteiger partial charge in [0.2, 0.25) is 0 Å². The first kappa shape index (κ1) is 97.2. The minimum absolute atomic E-state index is 0.0309. The average Bonchev–Trinajstić information content (AvgIpc) is 0.923. The Balaban J connectivity index is 5.43. The molecular formula is C83H140O17P2. The van der Waals surface area contributed by atoms with Crippen LogP contribution in [0.1, 0.15) is 310 Å². The first-order valence-corrected chi connectivity index (χ1v) is 42.4. The maximum absolute atomic E-state index is 13.1. The predicted octanol–water partition coefficient (Wildman–Crippen LogP) is 22.9. The molecule has 0 aliphatic rings. The van der Waals surface area contributed by atoms with Gasteiger partial charge in [0, 0.05) is 25.7 Å². The van der Waals surface area contributed by atoms with E-state index in [4.69, 9.17) is 37.0 Å². The van der Waals surface area contributed by atoms with Crippen molar-refractivity contribution in [3.8, 4) is 0 Å². The number of allylic oxidation sites excluding steroid dienone is 22. The summed E-state index contributed by atoms with van der Waals surface area (Å²) in [6, 6.07) is 0. The molecule has 0 aliphatic heterocycles. The fraction of sp³-hybridized carbons (Fsp3) is 0.687. The summed E-state index contributed by atoms with van der Waals surface area (Å²) in [5, 5.41) is 10.6. The number of esters is 4. The molecule has 0 amide bonds. The third kappa shape index (κ3) is 73.5. The standard InChI is InChI=1S/C83H140O17P2/c1-5-9-13-17-21-25-29-33-35-37-38-40-41-45-48-52-56-60-64-68-81(86)94-74-79(100-83(88)70-66-62-58-54-50-46-42-39-36-34-30-26-22-18-14-10-6-2)76-98-102(91,92)96-72-77(84)71-95-101(89,90)97-75-78(99-82(87)69-65-61-57-53-49-44-32-28-24-20-16-12-8-4)73-93-80(85)67-63-59-55-51-47-43-31-27-23-19-15-11-7-3/h9-10,13-15,19,21-22,25-27,31,33-36,38,40,45,48,56,60,77-79,84H,5-8,11-12,16-18,20,23-24,28-30,32,37,39,41-44,46-47,49-55,57-59,61-76H2,1-4H3,(H,89,90)(H,91,92)/b13-9-,14-10-,19-15-,25-21-,26-22-,31-27-,35-33-,36-34-,40-38-,48-45-,60-56-. The molecule has 0 spiro atoms. The molecule has 0 saturated carbocycles. The Labute approximate surface area is 618 Å². The SMILES string of the molecule is CC/C=C\C/C=C\C/C=C\C/C=C\C/C=C\C/C=C\CCC(=O)OCC(COP(=O)(O)OCC(O)COP(=O)(O)OCC(COC(=O)CCCCCCC/C=C\C/C=C\CCC)OC(=O)CCCCCCCCCCCCCCC)OC(=O)CCCCCCCCC/C=C\C/C=C\C/C=C\CC. The fourth-order valence-corrected chi connectivity index (χ4v) is 11.8. The van der Waals surface area contributed by atoms with E-state index in [9.17, 15) is 43.2 Å². The molecule has 0 aliphatic carbocycles. The lowest BCUT2D eigenvalue weighted by Gasteiger charge is -2.21. The van der Waals surface area contributed by atoms with Gasteiger partial charge in [0.15, 0.2) is 12.2 Å². The lowest BCUT2D eigenvalue weighted by Crippen LogP contribution is -2.30. The van der Waals surface area contributed by atoms with E-state index in [0.717, 1.165) is 173 Å². The van der Waals surface area contributed by atoms with E-state index in [-0.39, 0.29) is 25.7 Å². The number of unbranched alkanes of at least 4 members (excludes halogenated alkanes) is 25. The average molecular weight is 1470 g/mol. The van der Waals surface area contributed by atoms with Gasteiger partial charge in [-0.3, -0.25) is 37.3 Å². The van der Waals surface area contributed by atoms with E-state index in [2.05, 4.69) is 143 Å². The van der Waals surface area contributed by atoms with Gasteiger partial charge in [-0.25, -0.2) is 9.13 Å². The van der Waals surface area contributed by atoms with Gasteiger partial charge in [0.05, 0.1) is 26.4 Å². The summed E-state index contributed by atoms with van der Waals surface area (Å²) >= 11 is 0. The number of carbonyl (C=O) groups is 4. The molecule has 0 radical (unpaired) electrons. The van der Waals surface area contributed by atoms with Crippen LogP contribution >= 0.6 is 15.6 Å². The maximum atomic E-state index is 13.1. The summed E-state index contributed by atoms with van der Waals surface area (Å²) in [7, 11) is -9.98. The summed E-state index contributed by atoms with van der Waals surface area (Å²) in [6.07, 6.45) is 83.0. The van der Waals surface area contributed by atoms with Crippen LogP contribution in [0.15, 0.2) is 134 Å². The first-order chi connectivity index (χ1) is 49.7. The number of phosphoric ester groups is 2. The maximum Gasteiger partial charge on any atom is 0.472 e. The van der Waals surface area contributed by atoms with Gasteiger partial charge in [-0.2, -0.15) is 0 Å². The highest BCUT2D eigenvalue weighted by molar-refractivity contribution is 7.47. The Kier molecular flexibility index (Phi) is 71.0. The lowest BCUT2D eigenvalue weighted by atomic mass is 10.0. The van der Waals surface area contributed by atoms with E-state index in [0.29, 0.717) is 32.1 Å². The number of aliphatic hydroxyl groups excluding tert-OH is 1. The van der Waals surface area contributed by atoms with Crippen LogP contribution in [0.25, 0.3) is 0 Å². The molecule has 5 atom stereocenters. The van der Waals surface area contributed by atoms with Crippen molar-refractivity contribution >= 4 is 39.5 Å². The van der Waals surface area contributed by atoms with Crippen LogP contribution in [-0.2, 0) is 65.4 Å². The van der Waals surface area contributed by atoms with Gasteiger partial charge in [-0.1, -0.05) is 296 Å². The largest absolute Gasteiger partial charge is 0.472 e. The molecule has 19 heteroatoms.